The minimum absolute atomic E-state index is 0.0154. The maximum Gasteiger partial charge on any atom is 0.0849 e. The zero-order chi connectivity index (χ0) is 5.44. The number of halogens is 3. The predicted molar refractivity (Wildman–Crippen MR) is 36.3 cm³/mol. The molecule has 0 aliphatic heterocycles. The Morgan fingerprint density at radius 2 is 2.29 bits per heavy atom. The molecule has 0 bridgehead atoms. The number of hydrogen-bond acceptors (Lipinski definition) is 0. The van der Waals surface area contributed by atoms with E-state index in [2.05, 4.69) is 15.9 Å². The maximum atomic E-state index is 5.60. The molecule has 0 spiro atoms. The van der Waals surface area contributed by atoms with Crippen LogP contribution in [-0.2, 0) is 0 Å². The van der Waals surface area contributed by atoms with Gasteiger partial charge in [0.1, 0.15) is 0 Å². The van der Waals surface area contributed by atoms with E-state index in [0.717, 1.165) is 5.03 Å². The summed E-state index contributed by atoms with van der Waals surface area (Å²) in [7, 11) is 0. The van der Waals surface area contributed by atoms with Gasteiger partial charge >= 0.3 is 0 Å². The highest BCUT2D eigenvalue weighted by molar-refractivity contribution is 9.09. The summed E-state index contributed by atoms with van der Waals surface area (Å²) in [5.74, 6) is 0. The number of rotatable bonds is 0. The molecule has 7 heavy (non-hydrogen) atoms. The molecule has 0 fully saturated rings. The van der Waals surface area contributed by atoms with Crippen molar-refractivity contribution in [2.45, 2.75) is 10.2 Å². The van der Waals surface area contributed by atoms with E-state index in [9.17, 15) is 0 Å². The molecule has 0 unspecified atom stereocenters. The van der Waals surface area contributed by atoms with Crippen LogP contribution in [0.2, 0.25) is 0 Å². The molecule has 0 saturated heterocycles. The fourth-order valence-electron chi connectivity index (χ4n) is 0.362. The third-order valence-electron chi connectivity index (χ3n) is 0.861. The summed E-state index contributed by atoms with van der Waals surface area (Å²) in [6.45, 7) is 0. The third-order valence-corrected chi connectivity index (χ3v) is 2.94. The standard InChI is InChI=1S/C4H3BrCl2/c5-2-1-3(6)4(2)7/h1-2,4H/t2-,4+/m0/s1. The summed E-state index contributed by atoms with van der Waals surface area (Å²) in [6.07, 6.45) is 1.87. The molecular weight excluding hydrogens is 199 g/mol. The van der Waals surface area contributed by atoms with Crippen molar-refractivity contribution in [2.24, 2.45) is 0 Å². The van der Waals surface area contributed by atoms with Crippen LogP contribution < -0.4 is 0 Å². The summed E-state index contributed by atoms with van der Waals surface area (Å²) in [5.41, 5.74) is 0. The van der Waals surface area contributed by atoms with E-state index < -0.39 is 0 Å². The van der Waals surface area contributed by atoms with E-state index in [-0.39, 0.29) is 5.38 Å². The molecule has 3 heteroatoms. The lowest BCUT2D eigenvalue weighted by atomic mass is 10.1. The minimum atomic E-state index is 0.0154. The first-order chi connectivity index (χ1) is 3.22. The largest absolute Gasteiger partial charge is 0.115 e. The molecule has 1 aliphatic carbocycles. The van der Waals surface area contributed by atoms with Crippen LogP contribution in [0.5, 0.6) is 0 Å². The van der Waals surface area contributed by atoms with Crippen molar-refractivity contribution in [2.75, 3.05) is 0 Å². The second kappa shape index (κ2) is 1.96. The van der Waals surface area contributed by atoms with Crippen molar-refractivity contribution in [3.8, 4) is 0 Å². The second-order valence-corrected chi connectivity index (χ2v) is 3.36. The first kappa shape index (κ1) is 5.93. The summed E-state index contributed by atoms with van der Waals surface area (Å²) in [6, 6.07) is 0. The normalized spacial score (nSPS) is 39.6. The summed E-state index contributed by atoms with van der Waals surface area (Å²) in [4.78, 5) is 0.293. The van der Waals surface area contributed by atoms with Crippen molar-refractivity contribution in [3.05, 3.63) is 11.1 Å². The first-order valence-corrected chi connectivity index (χ1v) is 3.60. The van der Waals surface area contributed by atoms with E-state index in [0.29, 0.717) is 4.83 Å². The SMILES string of the molecule is ClC1=C[C@H](Br)[C@H]1Cl. The van der Waals surface area contributed by atoms with E-state index in [1.165, 1.54) is 0 Å². The van der Waals surface area contributed by atoms with Crippen LogP contribution in [-0.4, -0.2) is 10.2 Å². The number of allylic oxidation sites excluding steroid dienone is 2. The molecule has 1 rings (SSSR count). The fourth-order valence-corrected chi connectivity index (χ4v) is 1.65. The van der Waals surface area contributed by atoms with Crippen LogP contribution in [0.3, 0.4) is 0 Å². The first-order valence-electron chi connectivity index (χ1n) is 1.87. The highest BCUT2D eigenvalue weighted by Gasteiger charge is 2.26. The smallest absolute Gasteiger partial charge is 0.0849 e. The van der Waals surface area contributed by atoms with Gasteiger partial charge in [-0.3, -0.25) is 0 Å². The third kappa shape index (κ3) is 0.956. The predicted octanol–water partition coefficient (Wildman–Crippen LogP) is 2.49. The molecule has 0 aromatic heterocycles. The van der Waals surface area contributed by atoms with Gasteiger partial charge in [-0.25, -0.2) is 0 Å². The van der Waals surface area contributed by atoms with Gasteiger partial charge in [-0.05, 0) is 0 Å². The minimum Gasteiger partial charge on any atom is -0.115 e. The van der Waals surface area contributed by atoms with Gasteiger partial charge in [0.15, 0.2) is 0 Å². The van der Waals surface area contributed by atoms with Crippen molar-refractivity contribution in [3.63, 3.8) is 0 Å². The second-order valence-electron chi connectivity index (χ2n) is 1.40. The fraction of sp³-hybridized carbons (Fsp3) is 0.500. The summed E-state index contributed by atoms with van der Waals surface area (Å²) >= 11 is 14.4. The van der Waals surface area contributed by atoms with Crippen LogP contribution in [0.15, 0.2) is 11.1 Å². The Kier molecular flexibility index (Phi) is 1.66. The van der Waals surface area contributed by atoms with Crippen LogP contribution in [0.4, 0.5) is 0 Å². The maximum absolute atomic E-state index is 5.60. The number of hydrogen-bond donors (Lipinski definition) is 0. The highest BCUT2D eigenvalue weighted by atomic mass is 79.9. The molecule has 0 radical (unpaired) electrons. The molecule has 0 N–H and O–H groups in total. The average molecular weight is 202 g/mol. The Hall–Kier alpha value is 0.800. The Labute approximate surface area is 60.6 Å². The van der Waals surface area contributed by atoms with Gasteiger partial charge in [0.05, 0.1) is 10.2 Å². The lowest BCUT2D eigenvalue weighted by molar-refractivity contribution is 0.983. The highest BCUT2D eigenvalue weighted by Crippen LogP contribution is 2.33. The molecule has 0 aromatic carbocycles. The molecule has 0 nitrogen and oxygen atoms in total. The lowest BCUT2D eigenvalue weighted by Gasteiger charge is -2.21. The van der Waals surface area contributed by atoms with Gasteiger partial charge in [0.2, 0.25) is 0 Å². The van der Waals surface area contributed by atoms with E-state index in [1.807, 2.05) is 6.08 Å². The molecule has 40 valence electrons. The van der Waals surface area contributed by atoms with Gasteiger partial charge in [-0.2, -0.15) is 0 Å². The summed E-state index contributed by atoms with van der Waals surface area (Å²) in [5, 5.41) is 0.769. The van der Waals surface area contributed by atoms with Crippen molar-refractivity contribution >= 4 is 39.1 Å². The van der Waals surface area contributed by atoms with Crippen LogP contribution in [0.1, 0.15) is 0 Å². The Balaban J connectivity index is 2.57. The van der Waals surface area contributed by atoms with Crippen LogP contribution in [0.25, 0.3) is 0 Å². The molecule has 0 saturated carbocycles. The lowest BCUT2D eigenvalue weighted by Crippen LogP contribution is -2.21. The molecular formula is C4H3BrCl2. The average Bonchev–Trinajstić information content (AvgIpc) is 1.68. The quantitative estimate of drug-likeness (QED) is 0.529. The molecule has 0 amide bonds. The van der Waals surface area contributed by atoms with E-state index in [4.69, 9.17) is 23.2 Å². The molecule has 2 atom stereocenters. The van der Waals surface area contributed by atoms with Crippen LogP contribution in [0, 0.1) is 0 Å². The summed E-state index contributed by atoms with van der Waals surface area (Å²) < 4.78 is 0. The van der Waals surface area contributed by atoms with Gasteiger partial charge in [0.25, 0.3) is 0 Å². The van der Waals surface area contributed by atoms with Crippen molar-refractivity contribution in [1.29, 1.82) is 0 Å². The molecule has 1 aliphatic rings. The number of alkyl halides is 2. The zero-order valence-electron chi connectivity index (χ0n) is 3.37. The Morgan fingerprint density at radius 3 is 2.29 bits per heavy atom. The van der Waals surface area contributed by atoms with Crippen molar-refractivity contribution < 1.29 is 0 Å². The van der Waals surface area contributed by atoms with Gasteiger partial charge in [-0.1, -0.05) is 33.6 Å². The van der Waals surface area contributed by atoms with Gasteiger partial charge in [-0.15, -0.1) is 11.6 Å². The van der Waals surface area contributed by atoms with Gasteiger partial charge < -0.3 is 0 Å². The monoisotopic (exact) mass is 200 g/mol. The Morgan fingerprint density at radius 1 is 1.71 bits per heavy atom. The van der Waals surface area contributed by atoms with E-state index >= 15 is 0 Å². The van der Waals surface area contributed by atoms with E-state index in [1.54, 1.807) is 0 Å². The molecule has 0 heterocycles. The zero-order valence-corrected chi connectivity index (χ0v) is 6.46. The van der Waals surface area contributed by atoms with Gasteiger partial charge in [0, 0.05) is 5.03 Å². The van der Waals surface area contributed by atoms with Crippen molar-refractivity contribution in [1.82, 2.24) is 0 Å². The molecule has 0 aromatic rings. The Bertz CT molecular complexity index is 110. The topological polar surface area (TPSA) is 0 Å². The van der Waals surface area contributed by atoms with Crippen LogP contribution >= 0.6 is 39.1 Å².